The zero-order chi connectivity index (χ0) is 13.3. The van der Waals surface area contributed by atoms with Crippen molar-refractivity contribution in [2.45, 2.75) is 0 Å². The number of anilines is 1. The third kappa shape index (κ3) is 2.68. The van der Waals surface area contributed by atoms with Gasteiger partial charge < -0.3 is 4.90 Å². The molecule has 2 heterocycles. The van der Waals surface area contributed by atoms with Gasteiger partial charge in [0.15, 0.2) is 9.50 Å². The minimum absolute atomic E-state index is 0.276. The molecule has 0 spiro atoms. The Balaban J connectivity index is 2.36. The van der Waals surface area contributed by atoms with E-state index in [1.165, 1.54) is 11.3 Å². The van der Waals surface area contributed by atoms with Crippen LogP contribution in [-0.2, 0) is 0 Å². The molecule has 0 aliphatic carbocycles. The average molecular weight is 291 g/mol. The van der Waals surface area contributed by atoms with Gasteiger partial charge in [-0.15, -0.1) is 0 Å². The Hall–Kier alpha value is -1.45. The highest BCUT2D eigenvalue weighted by Gasteiger charge is 2.29. The fourth-order valence-electron chi connectivity index (χ4n) is 1.72. The SMILES string of the molecule is CN1CN(C)/C(=N\[N+](=O)[O-])N(c2cnc(Cl)s2)C1. The lowest BCUT2D eigenvalue weighted by Crippen LogP contribution is -2.56. The van der Waals surface area contributed by atoms with Gasteiger partial charge in [-0.1, -0.05) is 22.9 Å². The van der Waals surface area contributed by atoms with E-state index in [1.807, 2.05) is 11.9 Å². The molecule has 18 heavy (non-hydrogen) atoms. The highest BCUT2D eigenvalue weighted by atomic mass is 35.5. The Morgan fingerprint density at radius 1 is 1.56 bits per heavy atom. The molecular weight excluding hydrogens is 280 g/mol. The van der Waals surface area contributed by atoms with E-state index < -0.39 is 5.03 Å². The number of hydrazone groups is 1. The van der Waals surface area contributed by atoms with E-state index in [0.29, 0.717) is 17.8 Å². The first-order valence-electron chi connectivity index (χ1n) is 4.99. The predicted octanol–water partition coefficient (Wildman–Crippen LogP) is 0.943. The van der Waals surface area contributed by atoms with Crippen LogP contribution in [0.25, 0.3) is 0 Å². The molecule has 1 aliphatic heterocycles. The third-order valence-corrected chi connectivity index (χ3v) is 3.46. The monoisotopic (exact) mass is 290 g/mol. The van der Waals surface area contributed by atoms with Gasteiger partial charge in [0.25, 0.3) is 5.96 Å². The maximum atomic E-state index is 10.6. The zero-order valence-electron chi connectivity index (χ0n) is 9.78. The minimum atomic E-state index is -0.702. The minimum Gasteiger partial charge on any atom is -0.327 e. The normalized spacial score (nSPS) is 19.6. The number of hydrogen-bond acceptors (Lipinski definition) is 5. The molecule has 98 valence electrons. The largest absolute Gasteiger partial charge is 0.327 e. The summed E-state index contributed by atoms with van der Waals surface area (Å²) in [5, 5.41) is 14.0. The molecule has 0 unspecified atom stereocenters. The third-order valence-electron chi connectivity index (χ3n) is 2.32. The maximum Gasteiger partial charge on any atom is 0.281 e. The van der Waals surface area contributed by atoms with E-state index in [4.69, 9.17) is 11.6 Å². The number of hydrogen-bond donors (Lipinski definition) is 0. The van der Waals surface area contributed by atoms with Crippen LogP contribution in [-0.4, -0.2) is 53.2 Å². The van der Waals surface area contributed by atoms with Crippen LogP contribution in [0.1, 0.15) is 0 Å². The van der Waals surface area contributed by atoms with Gasteiger partial charge in [-0.25, -0.2) is 15.1 Å². The summed E-state index contributed by atoms with van der Waals surface area (Å²) in [5.74, 6) is 0.276. The molecule has 0 aromatic carbocycles. The molecule has 1 aromatic rings. The van der Waals surface area contributed by atoms with Crippen molar-refractivity contribution >= 4 is 33.9 Å². The van der Waals surface area contributed by atoms with Gasteiger partial charge in [0.1, 0.15) is 10.1 Å². The molecule has 8 nitrogen and oxygen atoms in total. The van der Waals surface area contributed by atoms with Gasteiger partial charge in [-0.3, -0.25) is 9.80 Å². The van der Waals surface area contributed by atoms with Gasteiger partial charge >= 0.3 is 0 Å². The van der Waals surface area contributed by atoms with Gasteiger partial charge in [-0.05, 0) is 7.05 Å². The number of nitrogens with zero attached hydrogens (tertiary/aromatic N) is 6. The van der Waals surface area contributed by atoms with Crippen molar-refractivity contribution in [2.75, 3.05) is 32.3 Å². The smallest absolute Gasteiger partial charge is 0.281 e. The van der Waals surface area contributed by atoms with Crippen molar-refractivity contribution in [3.8, 4) is 0 Å². The van der Waals surface area contributed by atoms with Crippen LogP contribution in [0.3, 0.4) is 0 Å². The highest BCUT2D eigenvalue weighted by Crippen LogP contribution is 2.28. The van der Waals surface area contributed by atoms with Crippen molar-refractivity contribution in [1.82, 2.24) is 14.8 Å². The Bertz CT molecular complexity index is 492. The second-order valence-electron chi connectivity index (χ2n) is 3.85. The van der Waals surface area contributed by atoms with Gasteiger partial charge in [0.05, 0.1) is 19.5 Å². The predicted molar refractivity (Wildman–Crippen MR) is 69.3 cm³/mol. The summed E-state index contributed by atoms with van der Waals surface area (Å²) < 4.78 is 0.390. The molecule has 1 aliphatic rings. The summed E-state index contributed by atoms with van der Waals surface area (Å²) in [6, 6.07) is 0. The fourth-order valence-corrected chi connectivity index (χ4v) is 2.64. The van der Waals surface area contributed by atoms with Gasteiger partial charge in [0.2, 0.25) is 0 Å². The molecule has 0 bridgehead atoms. The number of nitro groups is 1. The molecule has 0 amide bonds. The zero-order valence-corrected chi connectivity index (χ0v) is 11.3. The summed E-state index contributed by atoms with van der Waals surface area (Å²) in [4.78, 5) is 19.9. The highest BCUT2D eigenvalue weighted by molar-refractivity contribution is 7.19. The lowest BCUT2D eigenvalue weighted by atomic mass is 10.5. The Kier molecular flexibility index (Phi) is 3.64. The lowest BCUT2D eigenvalue weighted by molar-refractivity contribution is -0.485. The number of rotatable bonds is 2. The van der Waals surface area contributed by atoms with Crippen LogP contribution < -0.4 is 4.90 Å². The standard InChI is InChI=1S/C8H11ClN6O2S/c1-12-4-13(2)8(11-15(16)17)14(5-12)6-3-10-7(9)18-6/h3H,4-5H2,1-2H3/b11-8+. The molecule has 1 fully saturated rings. The van der Waals surface area contributed by atoms with E-state index in [-0.39, 0.29) is 5.96 Å². The van der Waals surface area contributed by atoms with Crippen LogP contribution >= 0.6 is 22.9 Å². The molecule has 0 saturated carbocycles. The molecule has 2 rings (SSSR count). The molecule has 1 aromatic heterocycles. The Morgan fingerprint density at radius 2 is 2.28 bits per heavy atom. The summed E-state index contributed by atoms with van der Waals surface area (Å²) >= 11 is 7.04. The summed E-state index contributed by atoms with van der Waals surface area (Å²) in [7, 11) is 3.66. The van der Waals surface area contributed by atoms with E-state index in [9.17, 15) is 10.1 Å². The van der Waals surface area contributed by atoms with Gasteiger partial charge in [0, 0.05) is 7.05 Å². The van der Waals surface area contributed by atoms with E-state index >= 15 is 0 Å². The van der Waals surface area contributed by atoms with Crippen LogP contribution in [0.4, 0.5) is 5.00 Å². The molecular formula is C8H11ClN6O2S. The van der Waals surface area contributed by atoms with Crippen molar-refractivity contribution in [2.24, 2.45) is 5.10 Å². The van der Waals surface area contributed by atoms with E-state index in [0.717, 1.165) is 5.00 Å². The average Bonchev–Trinajstić information content (AvgIpc) is 2.68. The molecule has 0 atom stereocenters. The van der Waals surface area contributed by atoms with Crippen LogP contribution in [0.15, 0.2) is 11.3 Å². The van der Waals surface area contributed by atoms with Crippen molar-refractivity contribution in [1.29, 1.82) is 0 Å². The number of thiazole rings is 1. The summed E-state index contributed by atoms with van der Waals surface area (Å²) in [6.45, 7) is 1.06. The van der Waals surface area contributed by atoms with Crippen molar-refractivity contribution in [3.63, 3.8) is 0 Å². The lowest BCUT2D eigenvalue weighted by Gasteiger charge is -2.39. The second-order valence-corrected chi connectivity index (χ2v) is 5.45. The number of guanidine groups is 1. The first-order valence-corrected chi connectivity index (χ1v) is 6.18. The Labute approximate surface area is 112 Å². The number of aromatic nitrogens is 1. The first kappa shape index (κ1) is 13.0. The summed E-state index contributed by atoms with van der Waals surface area (Å²) in [6.07, 6.45) is 1.58. The second kappa shape index (κ2) is 5.04. The fraction of sp³-hybridized carbons (Fsp3) is 0.500. The van der Waals surface area contributed by atoms with E-state index in [1.54, 1.807) is 23.0 Å². The van der Waals surface area contributed by atoms with Gasteiger partial charge in [-0.2, -0.15) is 0 Å². The maximum absolute atomic E-state index is 10.6. The molecule has 0 N–H and O–H groups in total. The quantitative estimate of drug-likeness (QED) is 0.596. The summed E-state index contributed by atoms with van der Waals surface area (Å²) in [5.41, 5.74) is 0. The van der Waals surface area contributed by atoms with Crippen molar-refractivity contribution < 1.29 is 5.03 Å². The Morgan fingerprint density at radius 3 is 2.83 bits per heavy atom. The van der Waals surface area contributed by atoms with Crippen LogP contribution in [0.5, 0.6) is 0 Å². The van der Waals surface area contributed by atoms with Crippen LogP contribution in [0, 0.1) is 10.1 Å². The number of halogens is 1. The molecule has 1 saturated heterocycles. The van der Waals surface area contributed by atoms with Crippen LogP contribution in [0.2, 0.25) is 4.47 Å². The molecule has 0 radical (unpaired) electrons. The van der Waals surface area contributed by atoms with E-state index in [2.05, 4.69) is 10.1 Å². The molecule has 10 heteroatoms. The van der Waals surface area contributed by atoms with Crippen molar-refractivity contribution in [3.05, 3.63) is 20.8 Å². The topological polar surface area (TPSA) is 78.1 Å². The first-order chi connectivity index (χ1) is 8.47.